The van der Waals surface area contributed by atoms with Gasteiger partial charge in [-0.25, -0.2) is 0 Å². The molecule has 0 saturated carbocycles. The highest BCUT2D eigenvalue weighted by atomic mass is 35.5. The van der Waals surface area contributed by atoms with E-state index in [-0.39, 0.29) is 0 Å². The summed E-state index contributed by atoms with van der Waals surface area (Å²) in [5.41, 5.74) is 10.7. The van der Waals surface area contributed by atoms with Gasteiger partial charge in [0.25, 0.3) is 0 Å². The van der Waals surface area contributed by atoms with E-state index in [2.05, 4.69) is 43.3 Å². The molecule has 3 aromatic carbocycles. The zero-order valence-electron chi connectivity index (χ0n) is 11.4. The first-order valence-corrected chi connectivity index (χ1v) is 7.05. The summed E-state index contributed by atoms with van der Waals surface area (Å²) in [5, 5.41) is 3.03. The second kappa shape index (κ2) is 5.28. The van der Waals surface area contributed by atoms with Gasteiger partial charge in [0.05, 0.1) is 0 Å². The topological polar surface area (TPSA) is 26.0 Å². The van der Waals surface area contributed by atoms with E-state index in [1.165, 1.54) is 22.1 Å². The van der Waals surface area contributed by atoms with Crippen LogP contribution >= 0.6 is 11.6 Å². The Bertz CT molecular complexity index is 777. The molecule has 100 valence electrons. The lowest BCUT2D eigenvalue weighted by Gasteiger charge is -2.13. The molecule has 0 atom stereocenters. The summed E-state index contributed by atoms with van der Waals surface area (Å²) in [6.45, 7) is 2.63. The van der Waals surface area contributed by atoms with Gasteiger partial charge in [-0.3, -0.25) is 0 Å². The molecule has 2 N–H and O–H groups in total. The summed E-state index contributed by atoms with van der Waals surface area (Å²) in [6.07, 6.45) is 0. The maximum absolute atomic E-state index is 6.30. The SMILES string of the molecule is Cc1ccc(CN)c(-c2ccc(Cl)c3ccccc23)c1. The number of hydrogen-bond donors (Lipinski definition) is 1. The first-order valence-electron chi connectivity index (χ1n) is 6.68. The van der Waals surface area contributed by atoms with E-state index in [1.54, 1.807) is 0 Å². The van der Waals surface area contributed by atoms with Crippen LogP contribution in [0.5, 0.6) is 0 Å². The Hall–Kier alpha value is -1.83. The van der Waals surface area contributed by atoms with Crippen LogP contribution in [0.2, 0.25) is 5.02 Å². The van der Waals surface area contributed by atoms with Crippen LogP contribution in [0.15, 0.2) is 54.6 Å². The van der Waals surface area contributed by atoms with Crippen molar-refractivity contribution in [1.82, 2.24) is 0 Å². The van der Waals surface area contributed by atoms with Crippen molar-refractivity contribution in [3.05, 3.63) is 70.7 Å². The minimum atomic E-state index is 0.534. The van der Waals surface area contributed by atoms with E-state index >= 15 is 0 Å². The van der Waals surface area contributed by atoms with Crippen LogP contribution in [0.3, 0.4) is 0 Å². The molecule has 0 unspecified atom stereocenters. The van der Waals surface area contributed by atoms with E-state index < -0.39 is 0 Å². The number of fused-ring (bicyclic) bond motifs is 1. The second-order valence-electron chi connectivity index (χ2n) is 5.01. The van der Waals surface area contributed by atoms with Crippen LogP contribution in [-0.2, 0) is 6.54 Å². The van der Waals surface area contributed by atoms with Gasteiger partial charge < -0.3 is 5.73 Å². The Morgan fingerprint density at radius 1 is 0.900 bits per heavy atom. The summed E-state index contributed by atoms with van der Waals surface area (Å²) in [6, 6.07) is 18.7. The lowest BCUT2D eigenvalue weighted by molar-refractivity contribution is 1.07. The van der Waals surface area contributed by atoms with Gasteiger partial charge in [-0.1, -0.05) is 65.7 Å². The molecule has 0 aliphatic heterocycles. The fourth-order valence-electron chi connectivity index (χ4n) is 2.62. The number of rotatable bonds is 2. The predicted molar refractivity (Wildman–Crippen MR) is 87.0 cm³/mol. The highest BCUT2D eigenvalue weighted by Crippen LogP contribution is 2.34. The van der Waals surface area contributed by atoms with Crippen molar-refractivity contribution in [3.8, 4) is 11.1 Å². The number of aryl methyl sites for hydroxylation is 1. The summed E-state index contributed by atoms with van der Waals surface area (Å²) in [7, 11) is 0. The van der Waals surface area contributed by atoms with Crippen molar-refractivity contribution in [2.45, 2.75) is 13.5 Å². The number of hydrogen-bond acceptors (Lipinski definition) is 1. The largest absolute Gasteiger partial charge is 0.326 e. The van der Waals surface area contributed by atoms with Crippen LogP contribution in [0.1, 0.15) is 11.1 Å². The Morgan fingerprint density at radius 2 is 1.65 bits per heavy atom. The van der Waals surface area contributed by atoms with Gasteiger partial charge in [0.1, 0.15) is 0 Å². The molecule has 3 rings (SSSR count). The minimum absolute atomic E-state index is 0.534. The zero-order chi connectivity index (χ0) is 14.1. The van der Waals surface area contributed by atoms with E-state index in [0.29, 0.717) is 6.54 Å². The van der Waals surface area contributed by atoms with E-state index in [0.717, 1.165) is 16.0 Å². The van der Waals surface area contributed by atoms with Crippen LogP contribution in [0, 0.1) is 6.92 Å². The third kappa shape index (κ3) is 2.20. The third-order valence-electron chi connectivity index (χ3n) is 3.65. The molecule has 0 fully saturated rings. The molecule has 0 aliphatic rings. The maximum atomic E-state index is 6.30. The van der Waals surface area contributed by atoms with Crippen LogP contribution in [0.4, 0.5) is 0 Å². The smallest absolute Gasteiger partial charge is 0.0484 e. The van der Waals surface area contributed by atoms with Crippen LogP contribution in [0.25, 0.3) is 21.9 Å². The van der Waals surface area contributed by atoms with Gasteiger partial charge in [0, 0.05) is 17.0 Å². The van der Waals surface area contributed by atoms with Gasteiger partial charge in [-0.2, -0.15) is 0 Å². The van der Waals surface area contributed by atoms with Crippen molar-refractivity contribution in [2.24, 2.45) is 5.73 Å². The quantitative estimate of drug-likeness (QED) is 0.708. The summed E-state index contributed by atoms with van der Waals surface area (Å²) in [5.74, 6) is 0. The standard InChI is InChI=1S/C18H16ClN/c1-12-6-7-13(11-20)17(10-12)15-8-9-18(19)16-5-3-2-4-14(15)16/h2-10H,11,20H2,1H3. The first-order chi connectivity index (χ1) is 9.70. The van der Waals surface area contributed by atoms with Crippen molar-refractivity contribution in [2.75, 3.05) is 0 Å². The molecule has 0 aliphatic carbocycles. The summed E-state index contributed by atoms with van der Waals surface area (Å²) in [4.78, 5) is 0. The molecule has 0 radical (unpaired) electrons. The summed E-state index contributed by atoms with van der Waals surface area (Å²) < 4.78 is 0. The minimum Gasteiger partial charge on any atom is -0.326 e. The Kier molecular flexibility index (Phi) is 3.47. The predicted octanol–water partition coefficient (Wildman–Crippen LogP) is 4.93. The van der Waals surface area contributed by atoms with Gasteiger partial charge in [0.2, 0.25) is 0 Å². The Morgan fingerprint density at radius 3 is 2.40 bits per heavy atom. The lowest BCUT2D eigenvalue weighted by atomic mass is 9.93. The highest BCUT2D eigenvalue weighted by molar-refractivity contribution is 6.36. The van der Waals surface area contributed by atoms with E-state index in [9.17, 15) is 0 Å². The van der Waals surface area contributed by atoms with Crippen molar-refractivity contribution in [3.63, 3.8) is 0 Å². The molecule has 0 saturated heterocycles. The monoisotopic (exact) mass is 281 g/mol. The third-order valence-corrected chi connectivity index (χ3v) is 3.98. The van der Waals surface area contributed by atoms with E-state index in [4.69, 9.17) is 17.3 Å². The molecule has 0 spiro atoms. The Balaban J connectivity index is 2.36. The Labute approximate surface area is 124 Å². The fourth-order valence-corrected chi connectivity index (χ4v) is 2.84. The molecule has 2 heteroatoms. The van der Waals surface area contributed by atoms with Crippen LogP contribution in [-0.4, -0.2) is 0 Å². The van der Waals surface area contributed by atoms with Crippen molar-refractivity contribution >= 4 is 22.4 Å². The van der Waals surface area contributed by atoms with Crippen molar-refractivity contribution < 1.29 is 0 Å². The maximum Gasteiger partial charge on any atom is 0.0484 e. The van der Waals surface area contributed by atoms with Crippen LogP contribution < -0.4 is 5.73 Å². The highest BCUT2D eigenvalue weighted by Gasteiger charge is 2.09. The fraction of sp³-hybridized carbons (Fsp3) is 0.111. The lowest BCUT2D eigenvalue weighted by Crippen LogP contribution is -1.99. The molecule has 0 heterocycles. The average molecular weight is 282 g/mol. The van der Waals surface area contributed by atoms with Gasteiger partial charge >= 0.3 is 0 Å². The normalized spacial score (nSPS) is 10.9. The van der Waals surface area contributed by atoms with Gasteiger partial charge in [-0.05, 0) is 35.1 Å². The van der Waals surface area contributed by atoms with E-state index in [1.807, 2.05) is 18.2 Å². The van der Waals surface area contributed by atoms with Gasteiger partial charge in [0.15, 0.2) is 0 Å². The molecule has 3 aromatic rings. The van der Waals surface area contributed by atoms with Crippen molar-refractivity contribution in [1.29, 1.82) is 0 Å². The van der Waals surface area contributed by atoms with Gasteiger partial charge in [-0.15, -0.1) is 0 Å². The molecule has 0 bridgehead atoms. The number of halogens is 1. The number of benzene rings is 3. The first kappa shape index (κ1) is 13.2. The molecule has 1 nitrogen and oxygen atoms in total. The molecular weight excluding hydrogens is 266 g/mol. The molecule has 0 aromatic heterocycles. The molecular formula is C18H16ClN. The second-order valence-corrected chi connectivity index (χ2v) is 5.41. The number of nitrogens with two attached hydrogens (primary N) is 1. The zero-order valence-corrected chi connectivity index (χ0v) is 12.1. The molecule has 0 amide bonds. The summed E-state index contributed by atoms with van der Waals surface area (Å²) >= 11 is 6.30. The molecule has 20 heavy (non-hydrogen) atoms. The average Bonchev–Trinajstić information content (AvgIpc) is 2.48.